The van der Waals surface area contributed by atoms with Crippen LogP contribution in [0.15, 0.2) is 78.9 Å². The summed E-state index contributed by atoms with van der Waals surface area (Å²) in [7, 11) is 0. The highest BCUT2D eigenvalue weighted by molar-refractivity contribution is 6.32. The first kappa shape index (κ1) is 19.1. The summed E-state index contributed by atoms with van der Waals surface area (Å²) in [6, 6.07) is 22.8. The largest absolute Gasteiger partial charge is 0.273 e. The summed E-state index contributed by atoms with van der Waals surface area (Å²) >= 11 is 12.5. The number of rotatable bonds is 3. The Morgan fingerprint density at radius 3 is 2.10 bits per heavy atom. The summed E-state index contributed by atoms with van der Waals surface area (Å²) < 4.78 is 0. The molecule has 0 aromatic heterocycles. The summed E-state index contributed by atoms with van der Waals surface area (Å²) in [6.07, 6.45) is -0.936. The van der Waals surface area contributed by atoms with Crippen LogP contribution in [0.1, 0.15) is 11.6 Å². The lowest BCUT2D eigenvalue weighted by molar-refractivity contribution is -0.126. The van der Waals surface area contributed by atoms with Gasteiger partial charge < -0.3 is 0 Å². The molecule has 7 heteroatoms. The molecule has 2 heterocycles. The summed E-state index contributed by atoms with van der Waals surface area (Å²) in [5.41, 5.74) is 1.95. The van der Waals surface area contributed by atoms with Crippen LogP contribution >= 0.6 is 23.2 Å². The molecule has 2 amide bonds. The van der Waals surface area contributed by atoms with E-state index in [2.05, 4.69) is 0 Å². The predicted molar refractivity (Wildman–Crippen MR) is 115 cm³/mol. The quantitative estimate of drug-likeness (QED) is 0.537. The first-order valence-corrected chi connectivity index (χ1v) is 10.2. The van der Waals surface area contributed by atoms with E-state index in [1.165, 1.54) is 4.90 Å². The molecule has 2 fully saturated rings. The van der Waals surface area contributed by atoms with E-state index in [9.17, 15) is 9.59 Å². The maximum atomic E-state index is 13.5. The molecule has 2 saturated heterocycles. The number of carbonyl (C=O) groups excluding carboxylic acids is 2. The Balaban J connectivity index is 1.60. The maximum Gasteiger partial charge on any atom is 0.266 e. The molecule has 0 N–H and O–H groups in total. The molecular weight excluding hydrogens is 423 g/mol. The van der Waals surface area contributed by atoms with Gasteiger partial charge in [0.1, 0.15) is 5.92 Å². The van der Waals surface area contributed by atoms with Gasteiger partial charge in [-0.1, -0.05) is 59.6 Å². The zero-order valence-electron chi connectivity index (χ0n) is 15.6. The molecule has 0 aliphatic carbocycles. The lowest BCUT2D eigenvalue weighted by Gasteiger charge is -2.29. The number of hydroxylamine groups is 1. The molecule has 0 saturated carbocycles. The van der Waals surface area contributed by atoms with Crippen molar-refractivity contribution in [3.8, 4) is 0 Å². The number of imide groups is 1. The first-order chi connectivity index (χ1) is 14.6. The second-order valence-corrected chi connectivity index (χ2v) is 8.01. The number of anilines is 2. The zero-order chi connectivity index (χ0) is 20.8. The van der Waals surface area contributed by atoms with Gasteiger partial charge in [0.15, 0.2) is 6.10 Å². The molecule has 30 heavy (non-hydrogen) atoms. The highest BCUT2D eigenvalue weighted by atomic mass is 35.5. The number of hydrogen-bond acceptors (Lipinski definition) is 4. The maximum absolute atomic E-state index is 13.5. The molecule has 5 nitrogen and oxygen atoms in total. The van der Waals surface area contributed by atoms with Crippen molar-refractivity contribution in [3.63, 3.8) is 0 Å². The van der Waals surface area contributed by atoms with Crippen molar-refractivity contribution in [1.82, 2.24) is 0 Å². The number of halogens is 2. The molecule has 3 aromatic carbocycles. The minimum absolute atomic E-state index is 0.323. The molecule has 0 spiro atoms. The summed E-state index contributed by atoms with van der Waals surface area (Å²) in [5, 5.41) is 2.67. The minimum atomic E-state index is -0.936. The fourth-order valence-electron chi connectivity index (χ4n) is 4.09. The Kier molecular flexibility index (Phi) is 4.74. The molecule has 0 radical (unpaired) electrons. The van der Waals surface area contributed by atoms with Gasteiger partial charge in [0.25, 0.3) is 5.91 Å². The van der Waals surface area contributed by atoms with Gasteiger partial charge in [-0.2, -0.15) is 0 Å². The molecule has 150 valence electrons. The molecule has 3 aromatic rings. The summed E-state index contributed by atoms with van der Waals surface area (Å²) in [4.78, 5) is 34.0. The number of fused-ring (bicyclic) bond motifs is 1. The molecular formula is C23H16Cl2N2O3. The Morgan fingerprint density at radius 2 is 1.40 bits per heavy atom. The lowest BCUT2D eigenvalue weighted by Crippen LogP contribution is -2.37. The number of nitrogens with zero attached hydrogens (tertiary/aromatic N) is 2. The smallest absolute Gasteiger partial charge is 0.266 e. The monoisotopic (exact) mass is 438 g/mol. The van der Waals surface area contributed by atoms with Gasteiger partial charge in [-0.25, -0.2) is 9.96 Å². The first-order valence-electron chi connectivity index (χ1n) is 9.45. The predicted octanol–water partition coefficient (Wildman–Crippen LogP) is 5.04. The van der Waals surface area contributed by atoms with Crippen molar-refractivity contribution >= 4 is 46.4 Å². The Labute approximate surface area is 183 Å². The Bertz CT molecular complexity index is 1120. The van der Waals surface area contributed by atoms with Gasteiger partial charge in [-0.15, -0.1) is 0 Å². The summed E-state index contributed by atoms with van der Waals surface area (Å²) in [6.45, 7) is 0. The number of para-hydroxylation sites is 1. The van der Waals surface area contributed by atoms with Crippen LogP contribution in [0.25, 0.3) is 0 Å². The minimum Gasteiger partial charge on any atom is -0.273 e. The van der Waals surface area contributed by atoms with E-state index in [4.69, 9.17) is 28.0 Å². The fourth-order valence-corrected chi connectivity index (χ4v) is 4.46. The average Bonchev–Trinajstić information content (AvgIpc) is 3.26. The number of hydrogen-bond donors (Lipinski definition) is 0. The highest BCUT2D eigenvalue weighted by Crippen LogP contribution is 2.48. The van der Waals surface area contributed by atoms with Crippen molar-refractivity contribution in [2.75, 3.05) is 9.96 Å². The van der Waals surface area contributed by atoms with Crippen LogP contribution in [0, 0.1) is 5.92 Å². The van der Waals surface area contributed by atoms with E-state index in [0.29, 0.717) is 15.7 Å². The molecule has 5 rings (SSSR count). The van der Waals surface area contributed by atoms with Gasteiger partial charge in [0.05, 0.1) is 17.4 Å². The van der Waals surface area contributed by atoms with Gasteiger partial charge in [-0.3, -0.25) is 14.4 Å². The Morgan fingerprint density at radius 1 is 0.733 bits per heavy atom. The van der Waals surface area contributed by atoms with Gasteiger partial charge in [0.2, 0.25) is 5.91 Å². The molecule has 3 atom stereocenters. The number of benzene rings is 3. The van der Waals surface area contributed by atoms with Crippen LogP contribution in [0.2, 0.25) is 10.0 Å². The number of amides is 2. The Hall–Kier alpha value is -2.86. The lowest BCUT2D eigenvalue weighted by atomic mass is 9.90. The van der Waals surface area contributed by atoms with Crippen molar-refractivity contribution in [3.05, 3.63) is 94.5 Å². The van der Waals surface area contributed by atoms with Crippen molar-refractivity contribution < 1.29 is 14.4 Å². The average molecular weight is 439 g/mol. The third kappa shape index (κ3) is 2.98. The third-order valence-electron chi connectivity index (χ3n) is 5.43. The topological polar surface area (TPSA) is 49.9 Å². The van der Waals surface area contributed by atoms with Crippen LogP contribution < -0.4 is 9.96 Å². The molecule has 2 aliphatic heterocycles. The standard InChI is InChI=1S/C23H16Cl2N2O3/c24-14-10-12-15(13-11-14)26-22(28)19-20(17-8-4-5-9-18(17)25)27(30-21(19)23(26)29)16-6-2-1-3-7-16/h1-13,19-21H/t19-,20+,21+/m0/s1. The van der Waals surface area contributed by atoms with Crippen LogP contribution in [-0.4, -0.2) is 17.9 Å². The van der Waals surface area contributed by atoms with Crippen LogP contribution in [0.4, 0.5) is 11.4 Å². The van der Waals surface area contributed by atoms with Crippen LogP contribution in [-0.2, 0) is 14.4 Å². The van der Waals surface area contributed by atoms with Crippen LogP contribution in [0.5, 0.6) is 0 Å². The van der Waals surface area contributed by atoms with Crippen molar-refractivity contribution in [1.29, 1.82) is 0 Å². The van der Waals surface area contributed by atoms with Gasteiger partial charge in [-0.05, 0) is 48.0 Å². The van der Waals surface area contributed by atoms with Crippen molar-refractivity contribution in [2.45, 2.75) is 12.1 Å². The van der Waals surface area contributed by atoms with Crippen molar-refractivity contribution in [2.24, 2.45) is 5.92 Å². The third-order valence-corrected chi connectivity index (χ3v) is 6.03. The van der Waals surface area contributed by atoms with E-state index in [0.717, 1.165) is 11.3 Å². The molecule has 0 unspecified atom stereocenters. The molecule has 0 bridgehead atoms. The van der Waals surface area contributed by atoms with E-state index in [-0.39, 0.29) is 5.91 Å². The van der Waals surface area contributed by atoms with Gasteiger partial charge in [0, 0.05) is 10.0 Å². The van der Waals surface area contributed by atoms with Gasteiger partial charge >= 0.3 is 0 Å². The normalized spacial score (nSPS) is 23.2. The number of carbonyl (C=O) groups is 2. The second-order valence-electron chi connectivity index (χ2n) is 7.17. The van der Waals surface area contributed by atoms with Crippen LogP contribution in [0.3, 0.4) is 0 Å². The SMILES string of the molecule is O=C1[C@H]2[C@@H](c3ccccc3Cl)N(c3ccccc3)O[C@H]2C(=O)N1c1ccc(Cl)cc1. The highest BCUT2D eigenvalue weighted by Gasteiger charge is 2.60. The van der Waals surface area contributed by atoms with E-state index in [1.54, 1.807) is 35.4 Å². The van der Waals surface area contributed by atoms with E-state index >= 15 is 0 Å². The second kappa shape index (κ2) is 7.43. The fraction of sp³-hybridized carbons (Fsp3) is 0.130. The summed E-state index contributed by atoms with van der Waals surface area (Å²) in [5.74, 6) is -1.45. The zero-order valence-corrected chi connectivity index (χ0v) is 17.1. The van der Waals surface area contributed by atoms with E-state index in [1.807, 2.05) is 48.5 Å². The molecule has 2 aliphatic rings. The van der Waals surface area contributed by atoms with E-state index < -0.39 is 24.0 Å².